The van der Waals surface area contributed by atoms with Crippen LogP contribution in [-0.4, -0.2) is 50.5 Å². The van der Waals surface area contributed by atoms with Crippen molar-refractivity contribution in [1.29, 1.82) is 0 Å². The SMILES string of the molecule is CCCCNC(=O)[C@H](CC)N(Cc1ccc(Cl)c(Cl)c1)C(=O)CN(c1ccc(C)cc1)S(C)(=O)=O. The van der Waals surface area contributed by atoms with Crippen LogP contribution in [0.5, 0.6) is 0 Å². The Morgan fingerprint density at radius 2 is 1.69 bits per heavy atom. The summed E-state index contributed by atoms with van der Waals surface area (Å²) in [6.45, 7) is 5.85. The average Bonchev–Trinajstić information content (AvgIpc) is 2.79. The molecule has 192 valence electrons. The normalized spacial score (nSPS) is 12.2. The number of anilines is 1. The van der Waals surface area contributed by atoms with Crippen LogP contribution in [0.2, 0.25) is 10.0 Å². The highest BCUT2D eigenvalue weighted by molar-refractivity contribution is 7.92. The lowest BCUT2D eigenvalue weighted by atomic mass is 10.1. The van der Waals surface area contributed by atoms with Gasteiger partial charge in [-0.25, -0.2) is 8.42 Å². The summed E-state index contributed by atoms with van der Waals surface area (Å²) >= 11 is 12.2. The number of amides is 2. The van der Waals surface area contributed by atoms with Crippen LogP contribution in [-0.2, 0) is 26.2 Å². The number of hydrogen-bond donors (Lipinski definition) is 1. The first-order valence-corrected chi connectivity index (χ1v) is 14.1. The summed E-state index contributed by atoms with van der Waals surface area (Å²) in [6, 6.07) is 11.1. The van der Waals surface area contributed by atoms with Crippen LogP contribution in [0.3, 0.4) is 0 Å². The Bertz CT molecular complexity index is 1120. The summed E-state index contributed by atoms with van der Waals surface area (Å²) in [7, 11) is -3.77. The summed E-state index contributed by atoms with van der Waals surface area (Å²) < 4.78 is 26.3. The standard InChI is InChI=1S/C25H33Cl2N3O4S/c1-5-7-14-28-25(32)23(6-2)29(16-19-10-13-21(26)22(27)15-19)24(31)17-30(35(4,33)34)20-11-8-18(3)9-12-20/h8-13,15,23H,5-7,14,16-17H2,1-4H3,(H,28,32)/t23-/m0/s1. The first-order valence-electron chi connectivity index (χ1n) is 11.5. The second-order valence-corrected chi connectivity index (χ2v) is 11.2. The molecule has 0 fully saturated rings. The molecule has 0 bridgehead atoms. The third-order valence-corrected chi connectivity index (χ3v) is 7.43. The molecule has 7 nitrogen and oxygen atoms in total. The van der Waals surface area contributed by atoms with Crippen molar-refractivity contribution < 1.29 is 18.0 Å². The molecule has 0 saturated heterocycles. The molecule has 0 aliphatic rings. The molecule has 0 unspecified atom stereocenters. The van der Waals surface area contributed by atoms with Gasteiger partial charge in [0.1, 0.15) is 12.6 Å². The topological polar surface area (TPSA) is 86.8 Å². The Balaban J connectivity index is 2.41. The quantitative estimate of drug-likeness (QED) is 0.391. The monoisotopic (exact) mass is 541 g/mol. The zero-order chi connectivity index (χ0) is 26.2. The highest BCUT2D eigenvalue weighted by Gasteiger charge is 2.31. The van der Waals surface area contributed by atoms with Crippen molar-refractivity contribution in [2.45, 2.75) is 52.6 Å². The van der Waals surface area contributed by atoms with Gasteiger partial charge in [-0.3, -0.25) is 13.9 Å². The van der Waals surface area contributed by atoms with Crippen LogP contribution < -0.4 is 9.62 Å². The second kappa shape index (κ2) is 13.1. The van der Waals surface area contributed by atoms with Gasteiger partial charge in [-0.2, -0.15) is 0 Å². The van der Waals surface area contributed by atoms with Crippen molar-refractivity contribution in [1.82, 2.24) is 10.2 Å². The van der Waals surface area contributed by atoms with Crippen molar-refractivity contribution in [3.05, 3.63) is 63.6 Å². The van der Waals surface area contributed by atoms with Crippen LogP contribution in [0.25, 0.3) is 0 Å². The number of aryl methyl sites for hydroxylation is 1. The molecule has 2 rings (SSSR count). The minimum Gasteiger partial charge on any atom is -0.354 e. The fraction of sp³-hybridized carbons (Fsp3) is 0.440. The molecule has 2 aromatic rings. The van der Waals surface area contributed by atoms with Gasteiger partial charge in [0, 0.05) is 13.1 Å². The molecule has 1 atom stereocenters. The van der Waals surface area contributed by atoms with Crippen LogP contribution in [0.15, 0.2) is 42.5 Å². The summed E-state index contributed by atoms with van der Waals surface area (Å²) in [4.78, 5) is 28.0. The number of benzene rings is 2. The molecule has 0 aliphatic carbocycles. The van der Waals surface area contributed by atoms with Crippen molar-refractivity contribution in [2.75, 3.05) is 23.7 Å². The van der Waals surface area contributed by atoms with Gasteiger partial charge in [0.2, 0.25) is 21.8 Å². The zero-order valence-electron chi connectivity index (χ0n) is 20.6. The number of sulfonamides is 1. The number of rotatable bonds is 12. The predicted octanol–water partition coefficient (Wildman–Crippen LogP) is 4.79. The van der Waals surface area contributed by atoms with E-state index in [-0.39, 0.29) is 12.5 Å². The molecular formula is C25H33Cl2N3O4S. The predicted molar refractivity (Wildman–Crippen MR) is 142 cm³/mol. The number of carbonyl (C=O) groups is 2. The summed E-state index contributed by atoms with van der Waals surface area (Å²) in [5, 5.41) is 3.59. The number of halogens is 2. The minimum atomic E-state index is -3.77. The first kappa shape index (κ1) is 28.9. The van der Waals surface area contributed by atoms with E-state index in [1.165, 1.54) is 4.90 Å². The Morgan fingerprint density at radius 3 is 2.23 bits per heavy atom. The second-order valence-electron chi connectivity index (χ2n) is 8.44. The van der Waals surface area contributed by atoms with Gasteiger partial charge in [-0.1, -0.05) is 67.2 Å². The molecule has 2 amide bonds. The van der Waals surface area contributed by atoms with Gasteiger partial charge in [-0.15, -0.1) is 0 Å². The van der Waals surface area contributed by atoms with Gasteiger partial charge in [-0.05, 0) is 49.6 Å². The highest BCUT2D eigenvalue weighted by Crippen LogP contribution is 2.25. The van der Waals surface area contributed by atoms with Crippen LogP contribution >= 0.6 is 23.2 Å². The van der Waals surface area contributed by atoms with Crippen molar-refractivity contribution in [3.8, 4) is 0 Å². The van der Waals surface area contributed by atoms with Crippen molar-refractivity contribution in [2.24, 2.45) is 0 Å². The smallest absolute Gasteiger partial charge is 0.244 e. The van der Waals surface area contributed by atoms with E-state index in [4.69, 9.17) is 23.2 Å². The molecule has 2 aromatic carbocycles. The number of nitrogens with one attached hydrogen (secondary N) is 1. The Kier molecular flexibility index (Phi) is 10.9. The lowest BCUT2D eigenvalue weighted by molar-refractivity contribution is -0.140. The highest BCUT2D eigenvalue weighted by atomic mass is 35.5. The van der Waals surface area contributed by atoms with E-state index in [0.717, 1.165) is 29.0 Å². The molecule has 1 N–H and O–H groups in total. The molecule has 0 radical (unpaired) electrons. The van der Waals surface area contributed by atoms with Crippen molar-refractivity contribution >= 4 is 50.7 Å². The Morgan fingerprint density at radius 1 is 1.03 bits per heavy atom. The third kappa shape index (κ3) is 8.40. The van der Waals surface area contributed by atoms with E-state index in [1.54, 1.807) is 42.5 Å². The number of carbonyl (C=O) groups excluding carboxylic acids is 2. The average molecular weight is 543 g/mol. The van der Waals surface area contributed by atoms with E-state index < -0.39 is 28.5 Å². The fourth-order valence-corrected chi connectivity index (χ4v) is 4.76. The van der Waals surface area contributed by atoms with Gasteiger partial charge in [0.15, 0.2) is 0 Å². The fourth-order valence-electron chi connectivity index (χ4n) is 3.59. The molecule has 0 heterocycles. The van der Waals surface area contributed by atoms with Gasteiger partial charge in [0.25, 0.3) is 0 Å². The molecule has 0 aliphatic heterocycles. The maximum absolute atomic E-state index is 13.6. The van der Waals surface area contributed by atoms with Crippen LogP contribution in [0.1, 0.15) is 44.2 Å². The minimum absolute atomic E-state index is 0.0704. The number of unbranched alkanes of at least 4 members (excludes halogenated alkanes) is 1. The van der Waals surface area contributed by atoms with E-state index in [9.17, 15) is 18.0 Å². The summed E-state index contributed by atoms with van der Waals surface area (Å²) in [5.74, 6) is -0.782. The largest absolute Gasteiger partial charge is 0.354 e. The molecule has 35 heavy (non-hydrogen) atoms. The molecule has 0 saturated carbocycles. The third-order valence-electron chi connectivity index (χ3n) is 5.55. The van der Waals surface area contributed by atoms with E-state index in [2.05, 4.69) is 5.32 Å². The first-order chi connectivity index (χ1) is 16.5. The number of nitrogens with zero attached hydrogens (tertiary/aromatic N) is 2. The van der Waals surface area contributed by atoms with E-state index in [1.807, 2.05) is 20.8 Å². The van der Waals surface area contributed by atoms with E-state index in [0.29, 0.717) is 34.3 Å². The number of hydrogen-bond acceptors (Lipinski definition) is 4. The van der Waals surface area contributed by atoms with Gasteiger partial charge in [0.05, 0.1) is 22.0 Å². The molecule has 10 heteroatoms. The summed E-state index contributed by atoms with van der Waals surface area (Å²) in [5.41, 5.74) is 2.01. The maximum atomic E-state index is 13.6. The maximum Gasteiger partial charge on any atom is 0.244 e. The lowest BCUT2D eigenvalue weighted by Crippen LogP contribution is -2.52. The lowest BCUT2D eigenvalue weighted by Gasteiger charge is -2.33. The van der Waals surface area contributed by atoms with E-state index >= 15 is 0 Å². The molecule has 0 spiro atoms. The Hall–Kier alpha value is -2.29. The Labute approximate surface area is 218 Å². The van der Waals surface area contributed by atoms with Crippen LogP contribution in [0.4, 0.5) is 5.69 Å². The summed E-state index contributed by atoms with van der Waals surface area (Å²) in [6.07, 6.45) is 3.15. The van der Waals surface area contributed by atoms with Gasteiger partial charge < -0.3 is 10.2 Å². The van der Waals surface area contributed by atoms with Crippen molar-refractivity contribution in [3.63, 3.8) is 0 Å². The van der Waals surface area contributed by atoms with Gasteiger partial charge >= 0.3 is 0 Å². The van der Waals surface area contributed by atoms with Crippen LogP contribution in [0, 0.1) is 6.92 Å². The molecular weight excluding hydrogens is 509 g/mol. The molecule has 0 aromatic heterocycles. The zero-order valence-corrected chi connectivity index (χ0v) is 22.9.